The molecule has 0 spiro atoms. The van der Waals surface area contributed by atoms with Crippen LogP contribution in [0.3, 0.4) is 0 Å². The molecule has 0 atom stereocenters. The van der Waals surface area contributed by atoms with Gasteiger partial charge in [-0.1, -0.05) is 60.7 Å². The average molecular weight is 567 g/mol. The van der Waals surface area contributed by atoms with Crippen LogP contribution in [0, 0.1) is 28.7 Å². The third-order valence-electron chi connectivity index (χ3n) is 5.98. The SMILES string of the molecule is Cc1cc(C=Nc2oc(-c3ccccc3)c(-c3ccccc3)c2C#N)c(C)n1-c1ccc(I)cc1. The summed E-state index contributed by atoms with van der Waals surface area (Å²) in [5, 5.41) is 10.1. The van der Waals surface area contributed by atoms with Gasteiger partial charge < -0.3 is 8.98 Å². The van der Waals surface area contributed by atoms with Crippen LogP contribution in [0.25, 0.3) is 28.1 Å². The van der Waals surface area contributed by atoms with E-state index in [-0.39, 0.29) is 0 Å². The Morgan fingerprint density at radius 1 is 0.886 bits per heavy atom. The maximum atomic E-state index is 10.1. The maximum Gasteiger partial charge on any atom is 0.238 e. The van der Waals surface area contributed by atoms with Crippen LogP contribution in [0.1, 0.15) is 22.5 Å². The first-order chi connectivity index (χ1) is 17.1. The molecule has 0 N–H and O–H groups in total. The molecule has 170 valence electrons. The molecule has 0 bridgehead atoms. The zero-order valence-electron chi connectivity index (χ0n) is 19.4. The number of hydrogen-bond donors (Lipinski definition) is 0. The Hall–Kier alpha value is -3.89. The monoisotopic (exact) mass is 567 g/mol. The van der Waals surface area contributed by atoms with E-state index in [2.05, 4.69) is 82.4 Å². The number of rotatable bonds is 5. The number of nitrogens with zero attached hydrogens (tertiary/aromatic N) is 3. The first kappa shape index (κ1) is 22.9. The van der Waals surface area contributed by atoms with Crippen LogP contribution >= 0.6 is 22.6 Å². The highest BCUT2D eigenvalue weighted by atomic mass is 127. The molecule has 0 fully saturated rings. The van der Waals surface area contributed by atoms with Crippen molar-refractivity contribution in [2.24, 2.45) is 4.99 Å². The summed E-state index contributed by atoms with van der Waals surface area (Å²) in [5.74, 6) is 0.953. The number of nitriles is 1. The molecule has 3 aromatic carbocycles. The summed E-state index contributed by atoms with van der Waals surface area (Å²) in [7, 11) is 0. The number of aromatic nitrogens is 1. The zero-order chi connectivity index (χ0) is 24.4. The lowest BCUT2D eigenvalue weighted by Crippen LogP contribution is -1.99. The maximum absolute atomic E-state index is 10.1. The van der Waals surface area contributed by atoms with Crippen molar-refractivity contribution in [1.29, 1.82) is 5.26 Å². The number of aliphatic imine (C=N–C) groups is 1. The molecular weight excluding hydrogens is 545 g/mol. The molecular formula is C30H22IN3O. The van der Waals surface area contributed by atoms with Crippen LogP contribution in [-0.4, -0.2) is 10.8 Å². The van der Waals surface area contributed by atoms with Gasteiger partial charge in [-0.15, -0.1) is 0 Å². The molecule has 2 heterocycles. The zero-order valence-corrected chi connectivity index (χ0v) is 21.5. The Balaban J connectivity index is 1.61. The third kappa shape index (κ3) is 4.45. The number of benzene rings is 3. The summed E-state index contributed by atoms with van der Waals surface area (Å²) in [6.45, 7) is 4.15. The second-order valence-corrected chi connectivity index (χ2v) is 9.47. The van der Waals surface area contributed by atoms with Crippen LogP contribution in [-0.2, 0) is 0 Å². The van der Waals surface area contributed by atoms with Crippen LogP contribution in [0.2, 0.25) is 0 Å². The van der Waals surface area contributed by atoms with Gasteiger partial charge in [0.25, 0.3) is 0 Å². The molecule has 0 aliphatic carbocycles. The highest BCUT2D eigenvalue weighted by Crippen LogP contribution is 2.42. The Bertz CT molecular complexity index is 1550. The number of aryl methyl sites for hydroxylation is 1. The Kier molecular flexibility index (Phi) is 6.39. The standard InChI is InChI=1S/C30H22IN3O/c1-20-17-24(21(2)34(20)26-15-13-25(31)14-16-26)19-33-30-27(18-32)28(22-9-5-3-6-10-22)29(35-30)23-11-7-4-8-12-23/h3-17,19H,1-2H3. The van der Waals surface area contributed by atoms with Crippen molar-refractivity contribution in [3.63, 3.8) is 0 Å². The van der Waals surface area contributed by atoms with E-state index in [1.807, 2.05) is 60.7 Å². The van der Waals surface area contributed by atoms with Crippen molar-refractivity contribution in [1.82, 2.24) is 4.57 Å². The van der Waals surface area contributed by atoms with Crippen molar-refractivity contribution in [3.05, 3.63) is 117 Å². The predicted octanol–water partition coefficient (Wildman–Crippen LogP) is 8.25. The number of furan rings is 1. The van der Waals surface area contributed by atoms with Crippen LogP contribution < -0.4 is 0 Å². The topological polar surface area (TPSA) is 54.2 Å². The molecule has 35 heavy (non-hydrogen) atoms. The molecule has 0 radical (unpaired) electrons. The van der Waals surface area contributed by atoms with Gasteiger partial charge in [0.2, 0.25) is 5.88 Å². The van der Waals surface area contributed by atoms with E-state index in [4.69, 9.17) is 4.42 Å². The number of halogens is 1. The van der Waals surface area contributed by atoms with Gasteiger partial charge in [0.1, 0.15) is 17.4 Å². The lowest BCUT2D eigenvalue weighted by atomic mass is 9.98. The van der Waals surface area contributed by atoms with Gasteiger partial charge in [0.05, 0.1) is 0 Å². The fraction of sp³-hybridized carbons (Fsp3) is 0.0667. The first-order valence-electron chi connectivity index (χ1n) is 11.2. The van der Waals surface area contributed by atoms with Crippen LogP contribution in [0.5, 0.6) is 0 Å². The third-order valence-corrected chi connectivity index (χ3v) is 6.70. The molecule has 0 saturated carbocycles. The Morgan fingerprint density at radius 3 is 2.14 bits per heavy atom. The van der Waals surface area contributed by atoms with E-state index in [0.29, 0.717) is 17.2 Å². The smallest absolute Gasteiger partial charge is 0.238 e. The van der Waals surface area contributed by atoms with E-state index in [1.165, 1.54) is 3.57 Å². The first-order valence-corrected chi connectivity index (χ1v) is 12.3. The summed E-state index contributed by atoms with van der Waals surface area (Å²) >= 11 is 2.31. The van der Waals surface area contributed by atoms with Crippen molar-refractivity contribution >= 4 is 34.7 Å². The summed E-state index contributed by atoms with van der Waals surface area (Å²) < 4.78 is 9.64. The van der Waals surface area contributed by atoms with E-state index in [1.54, 1.807) is 6.21 Å². The molecule has 4 nitrogen and oxygen atoms in total. The second-order valence-electron chi connectivity index (χ2n) is 8.23. The molecule has 0 saturated heterocycles. The van der Waals surface area contributed by atoms with Gasteiger partial charge in [-0.2, -0.15) is 5.26 Å². The largest absolute Gasteiger partial charge is 0.436 e. The normalized spacial score (nSPS) is 11.1. The van der Waals surface area contributed by atoms with E-state index in [0.717, 1.165) is 39.3 Å². The van der Waals surface area contributed by atoms with E-state index in [9.17, 15) is 5.26 Å². The van der Waals surface area contributed by atoms with Crippen LogP contribution in [0.15, 0.2) is 100 Å². The number of hydrogen-bond acceptors (Lipinski definition) is 3. The fourth-order valence-corrected chi connectivity index (χ4v) is 4.68. The quantitative estimate of drug-likeness (QED) is 0.159. The Morgan fingerprint density at radius 2 is 1.51 bits per heavy atom. The van der Waals surface area contributed by atoms with Gasteiger partial charge in [-0.3, -0.25) is 0 Å². The van der Waals surface area contributed by atoms with Crippen molar-refractivity contribution in [2.75, 3.05) is 0 Å². The summed E-state index contributed by atoms with van der Waals surface area (Å²) in [6, 6.07) is 32.5. The lowest BCUT2D eigenvalue weighted by molar-refractivity contribution is 0.593. The van der Waals surface area contributed by atoms with Gasteiger partial charge >= 0.3 is 0 Å². The second kappa shape index (κ2) is 9.77. The molecule has 0 aliphatic rings. The van der Waals surface area contributed by atoms with Crippen molar-refractivity contribution < 1.29 is 4.42 Å². The highest BCUT2D eigenvalue weighted by Gasteiger charge is 2.22. The Labute approximate surface area is 218 Å². The predicted molar refractivity (Wildman–Crippen MR) is 150 cm³/mol. The van der Waals surface area contributed by atoms with Crippen molar-refractivity contribution in [2.45, 2.75) is 13.8 Å². The van der Waals surface area contributed by atoms with E-state index < -0.39 is 0 Å². The minimum absolute atomic E-state index is 0.310. The highest BCUT2D eigenvalue weighted by molar-refractivity contribution is 14.1. The summed E-state index contributed by atoms with van der Waals surface area (Å²) in [4.78, 5) is 4.67. The molecule has 5 heteroatoms. The molecule has 5 rings (SSSR count). The van der Waals surface area contributed by atoms with Gasteiger partial charge in [0.15, 0.2) is 0 Å². The molecule has 5 aromatic rings. The average Bonchev–Trinajstić information content (AvgIpc) is 3.40. The molecule has 0 amide bonds. The van der Waals surface area contributed by atoms with Crippen LogP contribution in [0.4, 0.5) is 5.88 Å². The molecule has 0 unspecified atom stereocenters. The van der Waals surface area contributed by atoms with Crippen molar-refractivity contribution in [3.8, 4) is 34.2 Å². The van der Waals surface area contributed by atoms with Gasteiger partial charge in [0, 0.05) is 43.6 Å². The summed E-state index contributed by atoms with van der Waals surface area (Å²) in [6.07, 6.45) is 1.79. The minimum Gasteiger partial charge on any atom is -0.436 e. The van der Waals surface area contributed by atoms with Gasteiger partial charge in [-0.05, 0) is 72.3 Å². The lowest BCUT2D eigenvalue weighted by Gasteiger charge is -2.09. The van der Waals surface area contributed by atoms with E-state index >= 15 is 0 Å². The van der Waals surface area contributed by atoms with Gasteiger partial charge in [-0.25, -0.2) is 4.99 Å². The fourth-order valence-electron chi connectivity index (χ4n) is 4.32. The molecule has 0 aliphatic heterocycles. The minimum atomic E-state index is 0.310. The molecule has 2 aromatic heterocycles. The summed E-state index contributed by atoms with van der Waals surface area (Å²) in [5.41, 5.74) is 7.28.